The minimum atomic E-state index is -0.282. The van der Waals surface area contributed by atoms with Gasteiger partial charge in [-0.25, -0.2) is 4.79 Å². The van der Waals surface area contributed by atoms with Crippen LogP contribution in [0.5, 0.6) is 0 Å². The van der Waals surface area contributed by atoms with Gasteiger partial charge in [0.05, 0.1) is 0 Å². The molecule has 0 unspecified atom stereocenters. The molecule has 1 aromatic carbocycles. The van der Waals surface area contributed by atoms with Crippen molar-refractivity contribution in [3.63, 3.8) is 0 Å². The zero-order valence-electron chi connectivity index (χ0n) is 18.8. The summed E-state index contributed by atoms with van der Waals surface area (Å²) >= 11 is 0. The summed E-state index contributed by atoms with van der Waals surface area (Å²) in [4.78, 5) is 42.4. The number of hydrogen-bond acceptors (Lipinski definition) is 4. The molecule has 0 spiro atoms. The fourth-order valence-corrected chi connectivity index (χ4v) is 3.96. The number of carbonyl (C=O) groups is 1. The van der Waals surface area contributed by atoms with Gasteiger partial charge in [-0.15, -0.1) is 0 Å². The third-order valence-corrected chi connectivity index (χ3v) is 5.83. The van der Waals surface area contributed by atoms with E-state index in [4.69, 9.17) is 0 Å². The summed E-state index contributed by atoms with van der Waals surface area (Å²) in [6.45, 7) is 13.9. The molecule has 1 aliphatic heterocycles. The van der Waals surface area contributed by atoms with Crippen molar-refractivity contribution in [2.75, 3.05) is 31.1 Å². The first-order valence-electron chi connectivity index (χ1n) is 10.6. The molecule has 0 bridgehead atoms. The van der Waals surface area contributed by atoms with Gasteiger partial charge in [0.2, 0.25) is 0 Å². The first-order valence-corrected chi connectivity index (χ1v) is 10.6. The highest BCUT2D eigenvalue weighted by molar-refractivity contribution is 5.94. The number of carbonyl (C=O) groups excluding carboxylic acids is 1. The maximum absolute atomic E-state index is 13.0. The molecule has 3 rings (SSSR count). The monoisotopic (exact) mass is 412 g/mol. The van der Waals surface area contributed by atoms with Gasteiger partial charge in [-0.3, -0.25) is 18.7 Å². The number of anilines is 1. The van der Waals surface area contributed by atoms with Crippen molar-refractivity contribution in [2.45, 2.75) is 53.6 Å². The van der Waals surface area contributed by atoms with Gasteiger partial charge in [-0.1, -0.05) is 6.07 Å². The third kappa shape index (κ3) is 4.06. The molecule has 1 fully saturated rings. The number of amides is 1. The molecule has 2 heterocycles. The maximum atomic E-state index is 13.0. The topological polar surface area (TPSA) is 67.6 Å². The van der Waals surface area contributed by atoms with Crippen LogP contribution in [0.2, 0.25) is 0 Å². The second kappa shape index (κ2) is 8.50. The predicted molar refractivity (Wildman–Crippen MR) is 120 cm³/mol. The van der Waals surface area contributed by atoms with E-state index < -0.39 is 0 Å². The van der Waals surface area contributed by atoms with Gasteiger partial charge in [0.25, 0.3) is 11.5 Å². The van der Waals surface area contributed by atoms with E-state index in [9.17, 15) is 14.4 Å². The molecule has 1 amide bonds. The molecule has 0 N–H and O–H groups in total. The number of nitrogens with zero attached hydrogens (tertiary/aromatic N) is 4. The van der Waals surface area contributed by atoms with Crippen LogP contribution in [0.15, 0.2) is 33.9 Å². The average Bonchev–Trinajstić information content (AvgIpc) is 2.68. The number of benzene rings is 1. The standard InChI is InChI=1S/C23H32N4O3/c1-15(2)26-20(14-21(28)27(16(3)4)23(26)30)24-9-11-25(12-10-24)22(29)19-8-7-17(5)18(6)13-19/h7-8,13-16H,9-12H2,1-6H3. The third-order valence-electron chi connectivity index (χ3n) is 5.83. The molecular weight excluding hydrogens is 380 g/mol. The summed E-state index contributed by atoms with van der Waals surface area (Å²) in [6.07, 6.45) is 0. The molecule has 0 atom stereocenters. The maximum Gasteiger partial charge on any atom is 0.333 e. The summed E-state index contributed by atoms with van der Waals surface area (Å²) in [5.74, 6) is 0.657. The molecule has 0 saturated carbocycles. The van der Waals surface area contributed by atoms with Gasteiger partial charge in [0.1, 0.15) is 5.82 Å². The van der Waals surface area contributed by atoms with Crippen LogP contribution in [0, 0.1) is 13.8 Å². The molecule has 0 aliphatic carbocycles. The normalized spacial score (nSPS) is 14.7. The van der Waals surface area contributed by atoms with Gasteiger partial charge in [-0.2, -0.15) is 0 Å². The Balaban J connectivity index is 1.84. The number of rotatable bonds is 4. The fraction of sp³-hybridized carbons (Fsp3) is 0.522. The summed E-state index contributed by atoms with van der Waals surface area (Å²) in [7, 11) is 0. The largest absolute Gasteiger partial charge is 0.354 e. The Bertz CT molecular complexity index is 1060. The second-order valence-electron chi connectivity index (χ2n) is 8.63. The molecular formula is C23H32N4O3. The highest BCUT2D eigenvalue weighted by atomic mass is 16.2. The molecule has 2 aromatic rings. The van der Waals surface area contributed by atoms with Crippen LogP contribution >= 0.6 is 0 Å². The highest BCUT2D eigenvalue weighted by Gasteiger charge is 2.26. The van der Waals surface area contributed by atoms with E-state index in [1.807, 2.05) is 69.5 Å². The van der Waals surface area contributed by atoms with E-state index in [1.165, 1.54) is 10.1 Å². The first-order chi connectivity index (χ1) is 14.1. The quantitative estimate of drug-likeness (QED) is 0.774. The Kier molecular flexibility index (Phi) is 6.19. The molecule has 1 aliphatic rings. The van der Waals surface area contributed by atoms with Crippen molar-refractivity contribution in [1.82, 2.24) is 14.0 Å². The van der Waals surface area contributed by atoms with Crippen LogP contribution in [0.1, 0.15) is 61.3 Å². The smallest absolute Gasteiger partial charge is 0.333 e. The number of aryl methyl sites for hydroxylation is 2. The van der Waals surface area contributed by atoms with Crippen LogP contribution in [0.3, 0.4) is 0 Å². The van der Waals surface area contributed by atoms with Crippen molar-refractivity contribution in [2.24, 2.45) is 0 Å². The lowest BCUT2D eigenvalue weighted by atomic mass is 10.1. The number of hydrogen-bond donors (Lipinski definition) is 0. The molecule has 30 heavy (non-hydrogen) atoms. The predicted octanol–water partition coefficient (Wildman–Crippen LogP) is 2.75. The van der Waals surface area contributed by atoms with E-state index in [2.05, 4.69) is 0 Å². The van der Waals surface area contributed by atoms with E-state index in [0.717, 1.165) is 5.56 Å². The summed E-state index contributed by atoms with van der Waals surface area (Å²) in [5, 5.41) is 0. The molecule has 1 aromatic heterocycles. The van der Waals surface area contributed by atoms with Crippen molar-refractivity contribution >= 4 is 11.7 Å². The lowest BCUT2D eigenvalue weighted by molar-refractivity contribution is 0.0746. The minimum Gasteiger partial charge on any atom is -0.354 e. The van der Waals surface area contributed by atoms with Crippen LogP contribution in [-0.2, 0) is 0 Å². The van der Waals surface area contributed by atoms with Gasteiger partial charge < -0.3 is 9.80 Å². The van der Waals surface area contributed by atoms with Gasteiger partial charge in [-0.05, 0) is 64.8 Å². The summed E-state index contributed by atoms with van der Waals surface area (Å²) in [5.41, 5.74) is 2.40. The minimum absolute atomic E-state index is 0.0224. The zero-order valence-corrected chi connectivity index (χ0v) is 18.8. The van der Waals surface area contributed by atoms with Crippen molar-refractivity contribution in [3.05, 3.63) is 61.8 Å². The second-order valence-corrected chi connectivity index (χ2v) is 8.63. The lowest BCUT2D eigenvalue weighted by Crippen LogP contribution is -2.51. The van der Waals surface area contributed by atoms with Gasteiger partial charge in [0, 0.05) is 49.9 Å². The molecule has 1 saturated heterocycles. The van der Waals surface area contributed by atoms with Gasteiger partial charge >= 0.3 is 5.69 Å². The van der Waals surface area contributed by atoms with Crippen LogP contribution in [0.25, 0.3) is 0 Å². The number of aromatic nitrogens is 2. The van der Waals surface area contributed by atoms with Crippen molar-refractivity contribution < 1.29 is 4.79 Å². The highest BCUT2D eigenvalue weighted by Crippen LogP contribution is 2.19. The molecule has 162 valence electrons. The Labute approximate surface area is 177 Å². The van der Waals surface area contributed by atoms with Crippen LogP contribution < -0.4 is 16.1 Å². The Morgan fingerprint density at radius 3 is 1.97 bits per heavy atom. The van der Waals surface area contributed by atoms with E-state index in [-0.39, 0.29) is 29.2 Å². The summed E-state index contributed by atoms with van der Waals surface area (Å²) < 4.78 is 2.98. The van der Waals surface area contributed by atoms with Crippen molar-refractivity contribution in [1.29, 1.82) is 0 Å². The van der Waals surface area contributed by atoms with E-state index in [0.29, 0.717) is 37.6 Å². The molecule has 7 heteroatoms. The fourth-order valence-electron chi connectivity index (χ4n) is 3.96. The zero-order chi connectivity index (χ0) is 22.2. The van der Waals surface area contributed by atoms with E-state index >= 15 is 0 Å². The van der Waals surface area contributed by atoms with E-state index in [1.54, 1.807) is 10.6 Å². The molecule has 7 nitrogen and oxygen atoms in total. The molecule has 0 radical (unpaired) electrons. The SMILES string of the molecule is Cc1ccc(C(=O)N2CCN(c3cc(=O)n(C(C)C)c(=O)n3C(C)C)CC2)cc1C. The van der Waals surface area contributed by atoms with Crippen LogP contribution in [-0.4, -0.2) is 46.1 Å². The average molecular weight is 413 g/mol. The Morgan fingerprint density at radius 2 is 1.43 bits per heavy atom. The Morgan fingerprint density at radius 1 is 0.833 bits per heavy atom. The first kappa shape index (κ1) is 21.9. The Hall–Kier alpha value is -2.83. The van der Waals surface area contributed by atoms with Crippen molar-refractivity contribution in [3.8, 4) is 0 Å². The van der Waals surface area contributed by atoms with Crippen LogP contribution in [0.4, 0.5) is 5.82 Å². The lowest BCUT2D eigenvalue weighted by Gasteiger charge is -2.37. The summed E-state index contributed by atoms with van der Waals surface area (Å²) in [6, 6.07) is 7.07. The van der Waals surface area contributed by atoms with Gasteiger partial charge in [0.15, 0.2) is 0 Å². The number of piperazine rings is 1.